The SMILES string of the molecule is [2H]c1c([2H])c([2H])c2c(oc3c([2H])c(-c4nc(-c5ccccc5-c5cccc(-c6ccccc6)c5)nc(-c5c([2H])c([2H])c([2H])c6c5oc5c([2H])c([2H])c([2H])c([2H])c56)n4)c([2H])c([2H])c32)c1[2H]. The van der Waals surface area contributed by atoms with E-state index in [0.717, 1.165) is 16.7 Å². The number of furan rings is 2. The fourth-order valence-electron chi connectivity index (χ4n) is 6.04. The van der Waals surface area contributed by atoms with Gasteiger partial charge in [-0.05, 0) is 58.5 Å². The van der Waals surface area contributed by atoms with Crippen molar-refractivity contribution < 1.29 is 28.0 Å². The maximum absolute atomic E-state index is 9.42. The summed E-state index contributed by atoms with van der Waals surface area (Å²) in [5.41, 5.74) is 1.71. The van der Waals surface area contributed by atoms with Crippen LogP contribution in [0.5, 0.6) is 0 Å². The molecule has 7 aromatic carbocycles. The summed E-state index contributed by atoms with van der Waals surface area (Å²) >= 11 is 0. The molecule has 0 aliphatic heterocycles. The van der Waals surface area contributed by atoms with E-state index in [1.54, 1.807) is 12.1 Å². The maximum atomic E-state index is 9.42. The first-order valence-corrected chi connectivity index (χ1v) is 15.5. The summed E-state index contributed by atoms with van der Waals surface area (Å²) in [6, 6.07) is 16.5. The predicted octanol–water partition coefficient (Wildman–Crippen LogP) is 12.0. The molecule has 10 aromatic rings. The van der Waals surface area contributed by atoms with Gasteiger partial charge in [0, 0.05) is 32.7 Å². The minimum Gasteiger partial charge on any atom is -0.456 e. The number of nitrogens with zero attached hydrogens (tertiary/aromatic N) is 3. The highest BCUT2D eigenvalue weighted by Crippen LogP contribution is 2.38. The van der Waals surface area contributed by atoms with Gasteiger partial charge in [0.25, 0.3) is 0 Å². The molecule has 0 fully saturated rings. The highest BCUT2D eigenvalue weighted by molar-refractivity contribution is 6.09. The zero-order chi connectivity index (χ0) is 45.2. The zero-order valence-electron chi connectivity index (χ0n) is 39.7. The third-order valence-electron chi connectivity index (χ3n) is 8.35. The van der Waals surface area contributed by atoms with E-state index in [1.807, 2.05) is 66.7 Å². The standard InChI is InChI=1S/C45H27N3O2/c1-2-12-28(13-3-1)29-14-10-15-30(26-29)32-16-4-5-19-37(32)44-46-43(31-24-25-35-33-17-6-8-22-39(33)49-41(35)27-31)47-45(48-44)38-21-11-20-36-34-18-7-9-23-40(34)50-42(36)38/h1-27H/i6D,7D,8D,9D,11D,17D,18D,20D,21D,22D,23D,24D,25D,27D. The van der Waals surface area contributed by atoms with E-state index in [0.29, 0.717) is 11.1 Å². The minimum absolute atomic E-state index is 0.0651. The number of rotatable bonds is 5. The van der Waals surface area contributed by atoms with Crippen molar-refractivity contribution in [1.29, 1.82) is 0 Å². The van der Waals surface area contributed by atoms with E-state index in [-0.39, 0.29) is 72.5 Å². The second-order valence-electron chi connectivity index (χ2n) is 11.3. The van der Waals surface area contributed by atoms with Crippen molar-refractivity contribution in [2.24, 2.45) is 0 Å². The molecule has 0 saturated heterocycles. The van der Waals surface area contributed by atoms with Crippen LogP contribution in [0.1, 0.15) is 19.2 Å². The van der Waals surface area contributed by atoms with Gasteiger partial charge in [-0.2, -0.15) is 0 Å². The van der Waals surface area contributed by atoms with Crippen molar-refractivity contribution in [3.63, 3.8) is 0 Å². The average Bonchev–Trinajstić information content (AvgIpc) is 3.92. The van der Waals surface area contributed by atoms with Gasteiger partial charge < -0.3 is 8.83 Å². The molecular formula is C45H27N3O2. The molecule has 50 heavy (non-hydrogen) atoms. The number of para-hydroxylation sites is 3. The van der Waals surface area contributed by atoms with Gasteiger partial charge in [0.1, 0.15) is 22.3 Å². The predicted molar refractivity (Wildman–Crippen MR) is 202 cm³/mol. The van der Waals surface area contributed by atoms with Gasteiger partial charge >= 0.3 is 0 Å². The lowest BCUT2D eigenvalue weighted by atomic mass is 9.95. The molecule has 0 saturated carbocycles. The molecule has 3 aromatic heterocycles. The van der Waals surface area contributed by atoms with Crippen LogP contribution < -0.4 is 0 Å². The second-order valence-corrected chi connectivity index (χ2v) is 11.3. The van der Waals surface area contributed by atoms with Crippen LogP contribution in [0.2, 0.25) is 0 Å². The van der Waals surface area contributed by atoms with E-state index in [1.165, 1.54) is 0 Å². The largest absolute Gasteiger partial charge is 0.456 e. The molecule has 0 bridgehead atoms. The van der Waals surface area contributed by atoms with Gasteiger partial charge in [-0.3, -0.25) is 0 Å². The van der Waals surface area contributed by atoms with E-state index in [9.17, 15) is 4.11 Å². The van der Waals surface area contributed by atoms with Gasteiger partial charge in [-0.25, -0.2) is 15.0 Å². The Morgan fingerprint density at radius 1 is 0.400 bits per heavy atom. The van der Waals surface area contributed by atoms with E-state index in [2.05, 4.69) is 4.98 Å². The lowest BCUT2D eigenvalue weighted by Gasteiger charge is -2.13. The quantitative estimate of drug-likeness (QED) is 0.185. The van der Waals surface area contributed by atoms with Crippen LogP contribution in [0, 0.1) is 0 Å². The number of fused-ring (bicyclic) bond motifs is 6. The molecular weight excluding hydrogens is 615 g/mol. The maximum Gasteiger partial charge on any atom is 0.167 e. The summed E-state index contributed by atoms with van der Waals surface area (Å²) in [5, 5.41) is -0.758. The lowest BCUT2D eigenvalue weighted by Crippen LogP contribution is -2.01. The van der Waals surface area contributed by atoms with Crippen LogP contribution in [-0.2, 0) is 0 Å². The highest BCUT2D eigenvalue weighted by atomic mass is 16.3. The van der Waals surface area contributed by atoms with Crippen LogP contribution in [0.4, 0.5) is 0 Å². The Bertz CT molecular complexity index is 3680. The summed E-state index contributed by atoms with van der Waals surface area (Å²) in [4.78, 5) is 14.3. The first-order chi connectivity index (χ1) is 30.6. The molecule has 0 aliphatic rings. The number of hydrogen-bond donors (Lipinski definition) is 0. The van der Waals surface area contributed by atoms with E-state index in [4.69, 9.17) is 33.9 Å². The molecule has 0 N–H and O–H groups in total. The minimum atomic E-state index is -0.640. The molecule has 5 heteroatoms. The number of benzene rings is 7. The van der Waals surface area contributed by atoms with Crippen molar-refractivity contribution >= 4 is 43.9 Å². The van der Waals surface area contributed by atoms with Crippen LogP contribution >= 0.6 is 0 Å². The molecule has 234 valence electrons. The van der Waals surface area contributed by atoms with Crippen molar-refractivity contribution in [3.05, 3.63) is 163 Å². The molecule has 10 rings (SSSR count). The highest BCUT2D eigenvalue weighted by Gasteiger charge is 2.20. The summed E-state index contributed by atoms with van der Waals surface area (Å²) in [6.07, 6.45) is 0. The second kappa shape index (κ2) is 11.4. The zero-order valence-corrected chi connectivity index (χ0v) is 25.7. The lowest BCUT2D eigenvalue weighted by molar-refractivity contribution is 0.668. The van der Waals surface area contributed by atoms with Gasteiger partial charge in [0.2, 0.25) is 0 Å². The Morgan fingerprint density at radius 2 is 1.02 bits per heavy atom. The summed E-state index contributed by atoms with van der Waals surface area (Å²) in [7, 11) is 0. The van der Waals surface area contributed by atoms with Crippen molar-refractivity contribution in [1.82, 2.24) is 15.0 Å². The fraction of sp³-hybridized carbons (Fsp3) is 0. The Labute approximate surface area is 306 Å². The molecule has 0 amide bonds. The van der Waals surface area contributed by atoms with Crippen molar-refractivity contribution in [2.45, 2.75) is 0 Å². The Kier molecular flexibility index (Phi) is 3.99. The molecule has 0 aliphatic carbocycles. The normalized spacial score (nSPS) is 15.5. The van der Waals surface area contributed by atoms with Gasteiger partial charge in [-0.15, -0.1) is 0 Å². The molecule has 0 radical (unpaired) electrons. The Hall–Kier alpha value is -6.85. The first kappa shape index (κ1) is 17.5. The first-order valence-electron chi connectivity index (χ1n) is 22.5. The molecule has 3 heterocycles. The molecule has 0 spiro atoms. The van der Waals surface area contributed by atoms with Crippen LogP contribution in [0.3, 0.4) is 0 Å². The van der Waals surface area contributed by atoms with Crippen LogP contribution in [0.15, 0.2) is 172 Å². The van der Waals surface area contributed by atoms with Crippen molar-refractivity contribution in [3.8, 4) is 56.4 Å². The van der Waals surface area contributed by atoms with Crippen molar-refractivity contribution in [2.75, 3.05) is 0 Å². The van der Waals surface area contributed by atoms with Gasteiger partial charge in [0.05, 0.1) is 24.8 Å². The smallest absolute Gasteiger partial charge is 0.167 e. The molecule has 0 atom stereocenters. The summed E-state index contributed by atoms with van der Waals surface area (Å²) < 4.78 is 134. The number of aromatic nitrogens is 3. The van der Waals surface area contributed by atoms with Gasteiger partial charge in [-0.1, -0.05) is 127 Å². The Balaban J connectivity index is 1.32. The van der Waals surface area contributed by atoms with Gasteiger partial charge in [0.15, 0.2) is 17.5 Å². The Morgan fingerprint density at radius 3 is 1.86 bits per heavy atom. The number of hydrogen-bond acceptors (Lipinski definition) is 5. The summed E-state index contributed by atoms with van der Waals surface area (Å²) in [5.74, 6) is -0.808. The monoisotopic (exact) mass is 655 g/mol. The van der Waals surface area contributed by atoms with Crippen LogP contribution in [0.25, 0.3) is 100 Å². The third-order valence-corrected chi connectivity index (χ3v) is 8.35. The topological polar surface area (TPSA) is 65.0 Å². The van der Waals surface area contributed by atoms with Crippen LogP contribution in [-0.4, -0.2) is 15.0 Å². The molecule has 5 nitrogen and oxygen atoms in total. The average molecular weight is 656 g/mol. The van der Waals surface area contributed by atoms with E-state index >= 15 is 0 Å². The summed E-state index contributed by atoms with van der Waals surface area (Å²) in [6.45, 7) is 0. The fourth-order valence-corrected chi connectivity index (χ4v) is 6.04. The molecule has 0 unspecified atom stereocenters. The van der Waals surface area contributed by atoms with E-state index < -0.39 is 84.6 Å². The third kappa shape index (κ3) is 4.67.